The molecule has 2 aliphatic heterocycles. The number of likely N-dealkylation sites (N-methyl/N-ethyl adjacent to an activating group) is 1. The number of H-pyrrole nitrogens is 1. The minimum atomic E-state index is -0.438. The van der Waals surface area contributed by atoms with E-state index in [0.29, 0.717) is 44.0 Å². The highest BCUT2D eigenvalue weighted by atomic mass is 35.5. The molecule has 0 unspecified atom stereocenters. The quantitative estimate of drug-likeness (QED) is 0.419. The molecule has 3 heterocycles. The van der Waals surface area contributed by atoms with Gasteiger partial charge in [-0.3, -0.25) is 9.69 Å². The Bertz CT molecular complexity index is 1080. The molecule has 178 valence electrons. The molecule has 1 aromatic heterocycles. The van der Waals surface area contributed by atoms with Gasteiger partial charge >= 0.3 is 0 Å². The van der Waals surface area contributed by atoms with Crippen molar-refractivity contribution in [1.29, 1.82) is 0 Å². The summed E-state index contributed by atoms with van der Waals surface area (Å²) in [6.45, 7) is 5.98. The number of nitrogens with zero attached hydrogens (tertiary/aromatic N) is 5. The van der Waals surface area contributed by atoms with E-state index >= 15 is 0 Å². The second-order valence-corrected chi connectivity index (χ2v) is 9.04. The smallest absolute Gasteiger partial charge is 0.285 e. The predicted molar refractivity (Wildman–Crippen MR) is 127 cm³/mol. The van der Waals surface area contributed by atoms with Crippen molar-refractivity contribution in [3.63, 3.8) is 0 Å². The number of nitrogens with one attached hydrogen (secondary N) is 1. The van der Waals surface area contributed by atoms with Crippen LogP contribution in [-0.4, -0.2) is 71.3 Å². The first-order valence-corrected chi connectivity index (χ1v) is 11.4. The Morgan fingerprint density at radius 3 is 2.70 bits per heavy atom. The number of nitrogens with two attached hydrogens (primary N) is 2. The molecule has 4 rings (SSSR count). The third-order valence-corrected chi connectivity index (χ3v) is 6.68. The van der Waals surface area contributed by atoms with Crippen molar-refractivity contribution in [2.75, 3.05) is 51.2 Å². The molecule has 0 radical (unpaired) electrons. The molecule has 0 amide bonds. The van der Waals surface area contributed by atoms with Gasteiger partial charge in [0, 0.05) is 51.4 Å². The Morgan fingerprint density at radius 1 is 1.21 bits per heavy atom. The van der Waals surface area contributed by atoms with E-state index in [1.165, 1.54) is 12.3 Å². The summed E-state index contributed by atoms with van der Waals surface area (Å²) < 4.78 is 14.0. The van der Waals surface area contributed by atoms with Crippen molar-refractivity contribution in [2.24, 2.45) is 11.6 Å². The largest absolute Gasteiger partial charge is 0.399 e. The zero-order chi connectivity index (χ0) is 23.5. The molecule has 1 aromatic carbocycles. The lowest BCUT2D eigenvalue weighted by molar-refractivity contribution is 0.147. The fraction of sp³-hybridized carbons (Fsp3) is 0.455. The first-order valence-electron chi connectivity index (χ1n) is 11.0. The maximum atomic E-state index is 14.0. The molecule has 0 aliphatic carbocycles. The maximum absolute atomic E-state index is 14.0. The molecular weight excluding hydrogens is 447 g/mol. The van der Waals surface area contributed by atoms with Gasteiger partial charge in [-0.05, 0) is 30.3 Å². The fourth-order valence-corrected chi connectivity index (χ4v) is 4.54. The van der Waals surface area contributed by atoms with Crippen molar-refractivity contribution in [1.82, 2.24) is 25.0 Å². The average Bonchev–Trinajstić information content (AvgIpc) is 2.79. The zero-order valence-electron chi connectivity index (χ0n) is 18.7. The third kappa shape index (κ3) is 5.47. The van der Waals surface area contributed by atoms with Crippen molar-refractivity contribution >= 4 is 17.3 Å². The number of rotatable bonds is 6. The number of halogens is 2. The minimum Gasteiger partial charge on any atom is -0.399 e. The molecule has 0 bridgehead atoms. The SMILES string of the molecule is CN1CCN(Cc2cc(F)ccc2CN(N)C2=C(N)CN(c3cn[nH]c(=O)c3Cl)CC2)CC1. The Labute approximate surface area is 197 Å². The van der Waals surface area contributed by atoms with E-state index in [-0.39, 0.29) is 10.8 Å². The Balaban J connectivity index is 1.47. The summed E-state index contributed by atoms with van der Waals surface area (Å²) >= 11 is 6.14. The van der Waals surface area contributed by atoms with Crippen LogP contribution in [0, 0.1) is 5.82 Å². The number of hydrogen-bond donors (Lipinski definition) is 3. The standard InChI is InChI=1S/C22H30ClFN8O/c1-29-6-8-30(9-7-29)12-16-10-17(24)3-2-15(16)13-32(26)19-4-5-31(14-18(19)25)20-11-27-28-22(33)21(20)23/h2-3,10-11H,4-9,12-14,25-26H2,1H3,(H,28,33). The van der Waals surface area contributed by atoms with Gasteiger partial charge in [0.1, 0.15) is 10.8 Å². The van der Waals surface area contributed by atoms with Crippen LogP contribution >= 0.6 is 11.6 Å². The summed E-state index contributed by atoms with van der Waals surface area (Å²) in [4.78, 5) is 18.3. The van der Waals surface area contributed by atoms with Crippen LogP contribution in [0.1, 0.15) is 17.5 Å². The number of piperazine rings is 1. The van der Waals surface area contributed by atoms with Gasteiger partial charge in [-0.1, -0.05) is 17.7 Å². The number of hydrogen-bond acceptors (Lipinski definition) is 8. The van der Waals surface area contributed by atoms with Gasteiger partial charge in [-0.15, -0.1) is 0 Å². The summed E-state index contributed by atoms with van der Waals surface area (Å²) in [5.41, 5.74) is 9.81. The molecule has 2 aliphatic rings. The lowest BCUT2D eigenvalue weighted by Crippen LogP contribution is -2.44. The van der Waals surface area contributed by atoms with Crippen LogP contribution in [0.4, 0.5) is 10.1 Å². The van der Waals surface area contributed by atoms with E-state index in [9.17, 15) is 9.18 Å². The van der Waals surface area contributed by atoms with Crippen molar-refractivity contribution < 1.29 is 4.39 Å². The number of anilines is 1. The van der Waals surface area contributed by atoms with E-state index in [0.717, 1.165) is 43.0 Å². The van der Waals surface area contributed by atoms with E-state index < -0.39 is 5.56 Å². The van der Waals surface area contributed by atoms with Gasteiger partial charge in [0.25, 0.3) is 5.56 Å². The Morgan fingerprint density at radius 2 is 1.97 bits per heavy atom. The maximum Gasteiger partial charge on any atom is 0.285 e. The Hall–Kier alpha value is -2.66. The minimum absolute atomic E-state index is 0.0886. The molecule has 0 atom stereocenters. The van der Waals surface area contributed by atoms with Crippen LogP contribution in [0.25, 0.3) is 0 Å². The number of aromatic nitrogens is 2. The molecule has 2 aromatic rings. The van der Waals surface area contributed by atoms with E-state index in [2.05, 4.69) is 27.0 Å². The third-order valence-electron chi connectivity index (χ3n) is 6.31. The van der Waals surface area contributed by atoms with Gasteiger partial charge in [-0.2, -0.15) is 5.10 Å². The number of aromatic amines is 1. The van der Waals surface area contributed by atoms with Crippen LogP contribution in [0.2, 0.25) is 5.02 Å². The molecule has 33 heavy (non-hydrogen) atoms. The summed E-state index contributed by atoms with van der Waals surface area (Å²) in [6, 6.07) is 4.87. The van der Waals surface area contributed by atoms with Gasteiger partial charge in [0.05, 0.1) is 30.7 Å². The molecule has 11 heteroatoms. The normalized spacial score (nSPS) is 18.1. The van der Waals surface area contributed by atoms with Crippen LogP contribution < -0.4 is 22.0 Å². The van der Waals surface area contributed by atoms with Crippen LogP contribution in [0.5, 0.6) is 0 Å². The highest BCUT2D eigenvalue weighted by molar-refractivity contribution is 6.33. The van der Waals surface area contributed by atoms with Crippen molar-refractivity contribution in [3.8, 4) is 0 Å². The summed E-state index contributed by atoms with van der Waals surface area (Å²) in [7, 11) is 2.11. The molecule has 1 fully saturated rings. The first-order chi connectivity index (χ1) is 15.8. The van der Waals surface area contributed by atoms with Crippen LogP contribution in [0.15, 0.2) is 40.6 Å². The van der Waals surface area contributed by atoms with Crippen molar-refractivity contribution in [2.45, 2.75) is 19.5 Å². The second-order valence-electron chi connectivity index (χ2n) is 8.66. The average molecular weight is 477 g/mol. The second kappa shape index (κ2) is 10.1. The molecule has 9 nitrogen and oxygen atoms in total. The number of benzene rings is 1. The van der Waals surface area contributed by atoms with Crippen LogP contribution in [-0.2, 0) is 13.1 Å². The lowest BCUT2D eigenvalue weighted by atomic mass is 10.0. The van der Waals surface area contributed by atoms with Crippen LogP contribution in [0.3, 0.4) is 0 Å². The van der Waals surface area contributed by atoms with E-state index in [1.807, 2.05) is 4.90 Å². The van der Waals surface area contributed by atoms with E-state index in [4.69, 9.17) is 23.2 Å². The molecule has 1 saturated heterocycles. The number of hydrazine groups is 1. The molecule has 5 N–H and O–H groups in total. The highest BCUT2D eigenvalue weighted by Gasteiger charge is 2.24. The monoisotopic (exact) mass is 476 g/mol. The zero-order valence-corrected chi connectivity index (χ0v) is 19.5. The van der Waals surface area contributed by atoms with Gasteiger partial charge in [-0.25, -0.2) is 15.3 Å². The van der Waals surface area contributed by atoms with Gasteiger partial charge in [0.15, 0.2) is 0 Å². The topological polar surface area (TPSA) is 111 Å². The first kappa shape index (κ1) is 23.5. The summed E-state index contributed by atoms with van der Waals surface area (Å²) in [6.07, 6.45) is 2.10. The Kier molecular flexibility index (Phi) is 7.18. The van der Waals surface area contributed by atoms with Gasteiger partial charge in [0.2, 0.25) is 0 Å². The summed E-state index contributed by atoms with van der Waals surface area (Å²) in [5, 5.41) is 7.88. The lowest BCUT2D eigenvalue weighted by Gasteiger charge is -2.35. The predicted octanol–water partition coefficient (Wildman–Crippen LogP) is 1.07. The van der Waals surface area contributed by atoms with Gasteiger partial charge < -0.3 is 20.5 Å². The highest BCUT2D eigenvalue weighted by Crippen LogP contribution is 2.27. The fourth-order valence-electron chi connectivity index (χ4n) is 4.33. The molecule has 0 spiro atoms. The van der Waals surface area contributed by atoms with Crippen molar-refractivity contribution in [3.05, 3.63) is 68.1 Å². The molecule has 0 saturated carbocycles. The summed E-state index contributed by atoms with van der Waals surface area (Å²) in [5.74, 6) is 6.19. The van der Waals surface area contributed by atoms with E-state index in [1.54, 1.807) is 17.1 Å². The molecular formula is C22H30ClFN8O.